The molecular formula is C17H23NO6S. The quantitative estimate of drug-likeness (QED) is 0.612. The molecule has 0 saturated carbocycles. The Hall–Kier alpha value is -1.93. The molecule has 25 heavy (non-hydrogen) atoms. The number of nitrogens with one attached hydrogen (secondary N) is 1. The number of carbonyl (C=O) groups excluding carboxylic acids is 3. The highest BCUT2D eigenvalue weighted by Gasteiger charge is 2.34. The Morgan fingerprint density at radius 2 is 1.88 bits per heavy atom. The molecule has 8 heteroatoms. The molecule has 138 valence electrons. The summed E-state index contributed by atoms with van der Waals surface area (Å²) < 4.78 is 15.7. The van der Waals surface area contributed by atoms with Gasteiger partial charge in [-0.1, -0.05) is 0 Å². The molecule has 0 unspecified atom stereocenters. The first-order chi connectivity index (χ1) is 11.8. The lowest BCUT2D eigenvalue weighted by atomic mass is 9.96. The van der Waals surface area contributed by atoms with E-state index < -0.39 is 24.3 Å². The third-order valence-corrected chi connectivity index (χ3v) is 4.77. The molecule has 0 spiro atoms. The molecule has 2 rings (SSSR count). The molecule has 0 saturated heterocycles. The van der Waals surface area contributed by atoms with Gasteiger partial charge in [-0.15, -0.1) is 11.3 Å². The van der Waals surface area contributed by atoms with Crippen LogP contribution in [0.25, 0.3) is 0 Å². The number of hydrogen-bond donors (Lipinski definition) is 1. The minimum Gasteiger partial charge on any atom is -0.466 e. The van der Waals surface area contributed by atoms with Crippen molar-refractivity contribution in [3.8, 4) is 0 Å². The van der Waals surface area contributed by atoms with Crippen LogP contribution in [0.15, 0.2) is 0 Å². The lowest BCUT2D eigenvalue weighted by molar-refractivity contribution is -0.145. The predicted octanol–water partition coefficient (Wildman–Crippen LogP) is 2.67. The predicted molar refractivity (Wildman–Crippen MR) is 92.7 cm³/mol. The van der Waals surface area contributed by atoms with Crippen LogP contribution >= 0.6 is 11.3 Å². The number of fused-ring (bicyclic) bond motifs is 1. The van der Waals surface area contributed by atoms with E-state index in [0.717, 1.165) is 10.4 Å². The molecule has 1 N–H and O–H groups in total. The van der Waals surface area contributed by atoms with Gasteiger partial charge in [0.15, 0.2) is 0 Å². The van der Waals surface area contributed by atoms with Crippen molar-refractivity contribution >= 4 is 34.2 Å². The highest BCUT2D eigenvalue weighted by molar-refractivity contribution is 7.17. The molecule has 1 aromatic heterocycles. The Morgan fingerprint density at radius 3 is 2.52 bits per heavy atom. The van der Waals surface area contributed by atoms with Crippen molar-refractivity contribution in [2.45, 2.75) is 52.7 Å². The molecule has 0 radical (unpaired) electrons. The van der Waals surface area contributed by atoms with E-state index in [1.807, 2.05) is 13.8 Å². The van der Waals surface area contributed by atoms with E-state index in [1.165, 1.54) is 11.3 Å². The van der Waals surface area contributed by atoms with Crippen LogP contribution in [0.3, 0.4) is 0 Å². The molecule has 7 nitrogen and oxygen atoms in total. The lowest BCUT2D eigenvalue weighted by Crippen LogP contribution is -2.31. The van der Waals surface area contributed by atoms with Gasteiger partial charge in [-0.05, 0) is 27.7 Å². The summed E-state index contributed by atoms with van der Waals surface area (Å²) in [7, 11) is 0. The van der Waals surface area contributed by atoms with Crippen LogP contribution in [0.4, 0.5) is 5.00 Å². The average molecular weight is 369 g/mol. The maximum Gasteiger partial charge on any atom is 0.341 e. The molecule has 1 aliphatic heterocycles. The van der Waals surface area contributed by atoms with Gasteiger partial charge in [-0.3, -0.25) is 9.59 Å². The van der Waals surface area contributed by atoms with E-state index in [0.29, 0.717) is 17.0 Å². The highest BCUT2D eigenvalue weighted by atomic mass is 32.1. The largest absolute Gasteiger partial charge is 0.466 e. The summed E-state index contributed by atoms with van der Waals surface area (Å²) in [6.45, 7) is 8.04. The maximum absolute atomic E-state index is 12.4. The van der Waals surface area contributed by atoms with E-state index in [4.69, 9.17) is 14.2 Å². The van der Waals surface area contributed by atoms with Gasteiger partial charge in [-0.2, -0.15) is 0 Å². The van der Waals surface area contributed by atoms with E-state index in [1.54, 1.807) is 13.8 Å². The van der Waals surface area contributed by atoms with Crippen LogP contribution in [0, 0.1) is 0 Å². The van der Waals surface area contributed by atoms with Crippen molar-refractivity contribution in [1.29, 1.82) is 0 Å². The van der Waals surface area contributed by atoms with Crippen molar-refractivity contribution in [3.05, 3.63) is 16.0 Å². The van der Waals surface area contributed by atoms with E-state index in [9.17, 15) is 14.4 Å². The Bertz CT molecular complexity index is 679. The number of esters is 2. The summed E-state index contributed by atoms with van der Waals surface area (Å²) in [6.07, 6.45) is 0.230. The van der Waals surface area contributed by atoms with E-state index in [-0.39, 0.29) is 25.4 Å². The van der Waals surface area contributed by atoms with Gasteiger partial charge >= 0.3 is 11.9 Å². The molecule has 1 aliphatic rings. The summed E-state index contributed by atoms with van der Waals surface area (Å²) in [5.74, 6) is -1.64. The molecule has 1 amide bonds. The number of rotatable bonds is 6. The van der Waals surface area contributed by atoms with Gasteiger partial charge in [0.05, 0.1) is 25.4 Å². The van der Waals surface area contributed by atoms with Crippen molar-refractivity contribution in [1.82, 2.24) is 0 Å². The van der Waals surface area contributed by atoms with Crippen LogP contribution in [0.1, 0.15) is 54.9 Å². The summed E-state index contributed by atoms with van der Waals surface area (Å²) in [5, 5.41) is 3.03. The first-order valence-electron chi connectivity index (χ1n) is 8.18. The first kappa shape index (κ1) is 19.4. The van der Waals surface area contributed by atoms with Gasteiger partial charge < -0.3 is 19.5 Å². The number of thiophene rings is 1. The topological polar surface area (TPSA) is 90.9 Å². The summed E-state index contributed by atoms with van der Waals surface area (Å²) in [6, 6.07) is 0. The highest BCUT2D eigenvalue weighted by Crippen LogP contribution is 2.40. The Balaban J connectivity index is 2.27. The fourth-order valence-corrected chi connectivity index (χ4v) is 3.96. The third-order valence-electron chi connectivity index (χ3n) is 3.63. The minimum atomic E-state index is -0.608. The fraction of sp³-hybridized carbons (Fsp3) is 0.588. The van der Waals surface area contributed by atoms with Crippen LogP contribution in [-0.4, -0.2) is 36.7 Å². The van der Waals surface area contributed by atoms with Crippen molar-refractivity contribution in [2.75, 3.05) is 18.5 Å². The smallest absolute Gasteiger partial charge is 0.341 e. The van der Waals surface area contributed by atoms with Gasteiger partial charge in [0.1, 0.15) is 17.0 Å². The Kier molecular flexibility index (Phi) is 6.18. The van der Waals surface area contributed by atoms with Crippen LogP contribution in [0.5, 0.6) is 0 Å². The first-order valence-corrected chi connectivity index (χ1v) is 9.00. The molecule has 0 fully saturated rings. The molecule has 0 aliphatic carbocycles. The van der Waals surface area contributed by atoms with E-state index >= 15 is 0 Å². The van der Waals surface area contributed by atoms with Crippen molar-refractivity contribution in [2.24, 2.45) is 0 Å². The van der Waals surface area contributed by atoms with Crippen LogP contribution < -0.4 is 5.32 Å². The van der Waals surface area contributed by atoms with Gasteiger partial charge in [0.25, 0.3) is 0 Å². The second-order valence-corrected chi connectivity index (χ2v) is 7.29. The molecule has 0 atom stereocenters. The zero-order chi connectivity index (χ0) is 18.6. The second kappa shape index (κ2) is 7.97. The van der Waals surface area contributed by atoms with Crippen LogP contribution in [0.2, 0.25) is 0 Å². The monoisotopic (exact) mass is 369 g/mol. The summed E-state index contributed by atoms with van der Waals surface area (Å²) >= 11 is 1.32. The summed E-state index contributed by atoms with van der Waals surface area (Å²) in [5.41, 5.74) is 0.722. The summed E-state index contributed by atoms with van der Waals surface area (Å²) in [4.78, 5) is 36.9. The third kappa shape index (κ3) is 4.79. The molecule has 0 aromatic carbocycles. The van der Waals surface area contributed by atoms with Gasteiger partial charge in [-0.25, -0.2) is 4.79 Å². The standard InChI is InChI=1S/C17H23NO6S/c1-5-22-13(20)7-12(19)18-15-14(16(21)23-6-2)10-9-24-17(3,4)8-11(10)25-15/h5-9H2,1-4H3,(H,18,19). The lowest BCUT2D eigenvalue weighted by Gasteiger charge is -2.30. The number of amides is 1. The molecule has 1 aromatic rings. The van der Waals surface area contributed by atoms with Gasteiger partial charge in [0, 0.05) is 16.9 Å². The second-order valence-electron chi connectivity index (χ2n) is 6.18. The van der Waals surface area contributed by atoms with Crippen molar-refractivity contribution in [3.63, 3.8) is 0 Å². The number of hydrogen-bond acceptors (Lipinski definition) is 7. The minimum absolute atomic E-state index is 0.208. The molecule has 2 heterocycles. The normalized spacial score (nSPS) is 15.2. The van der Waals surface area contributed by atoms with Crippen molar-refractivity contribution < 1.29 is 28.6 Å². The number of carbonyl (C=O) groups is 3. The zero-order valence-corrected chi connectivity index (χ0v) is 15.7. The van der Waals surface area contributed by atoms with Gasteiger partial charge in [0.2, 0.25) is 5.91 Å². The Morgan fingerprint density at radius 1 is 1.20 bits per heavy atom. The maximum atomic E-state index is 12.4. The zero-order valence-electron chi connectivity index (χ0n) is 14.9. The number of anilines is 1. The van der Waals surface area contributed by atoms with E-state index in [2.05, 4.69) is 5.32 Å². The Labute approximate surface area is 150 Å². The van der Waals surface area contributed by atoms with Crippen LogP contribution in [-0.2, 0) is 36.8 Å². The average Bonchev–Trinajstić information content (AvgIpc) is 2.82. The fourth-order valence-electron chi connectivity index (χ4n) is 2.53. The number of ether oxygens (including phenoxy) is 3. The molecular weight excluding hydrogens is 346 g/mol. The molecule has 0 bridgehead atoms. The SMILES string of the molecule is CCOC(=O)CC(=O)Nc1sc2c(c1C(=O)OCC)COC(C)(C)C2.